The minimum absolute atomic E-state index is 0.0267. The van der Waals surface area contributed by atoms with Crippen LogP contribution in [0.3, 0.4) is 0 Å². The van der Waals surface area contributed by atoms with Crippen molar-refractivity contribution in [1.82, 2.24) is 9.80 Å². The van der Waals surface area contributed by atoms with Gasteiger partial charge in [0.1, 0.15) is 6.04 Å². The maximum absolute atomic E-state index is 12.6. The first kappa shape index (κ1) is 16.5. The van der Waals surface area contributed by atoms with Gasteiger partial charge in [-0.05, 0) is 32.6 Å². The van der Waals surface area contributed by atoms with E-state index in [0.29, 0.717) is 25.4 Å². The second-order valence-corrected chi connectivity index (χ2v) is 5.66. The molecule has 0 aromatic carbocycles. The molecule has 1 aliphatic rings. The highest BCUT2D eigenvalue weighted by molar-refractivity contribution is 5.83. The SMILES string of the molecule is C=CCN(C(=O)N1CCC(CC)CC1C(=O)O)C(C)C. The number of hydrogen-bond donors (Lipinski definition) is 1. The maximum Gasteiger partial charge on any atom is 0.326 e. The molecule has 2 amide bonds. The van der Waals surface area contributed by atoms with Crippen molar-refractivity contribution in [2.24, 2.45) is 5.92 Å². The normalized spacial score (nSPS) is 22.7. The number of carboxylic acids is 1. The van der Waals surface area contributed by atoms with Gasteiger partial charge in [0, 0.05) is 19.1 Å². The molecule has 0 aliphatic carbocycles. The van der Waals surface area contributed by atoms with E-state index in [4.69, 9.17) is 0 Å². The van der Waals surface area contributed by atoms with E-state index in [2.05, 4.69) is 13.5 Å². The molecule has 1 fully saturated rings. The number of carbonyl (C=O) groups is 2. The summed E-state index contributed by atoms with van der Waals surface area (Å²) in [4.78, 5) is 27.2. The summed E-state index contributed by atoms with van der Waals surface area (Å²) in [6.45, 7) is 10.5. The molecule has 0 aromatic heterocycles. The van der Waals surface area contributed by atoms with Gasteiger partial charge in [0.2, 0.25) is 0 Å². The topological polar surface area (TPSA) is 60.9 Å². The summed E-state index contributed by atoms with van der Waals surface area (Å²) in [5.41, 5.74) is 0. The first-order valence-electron chi connectivity index (χ1n) is 7.33. The third-order valence-electron chi connectivity index (χ3n) is 4.01. The number of carboxylic acid groups (broad SMARTS) is 1. The predicted molar refractivity (Wildman–Crippen MR) is 78.6 cm³/mol. The number of urea groups is 1. The fourth-order valence-corrected chi connectivity index (χ4v) is 2.69. The van der Waals surface area contributed by atoms with Gasteiger partial charge in [-0.25, -0.2) is 9.59 Å². The van der Waals surface area contributed by atoms with Crippen molar-refractivity contribution in [2.75, 3.05) is 13.1 Å². The van der Waals surface area contributed by atoms with Gasteiger partial charge in [0.05, 0.1) is 0 Å². The Morgan fingerprint density at radius 2 is 2.15 bits per heavy atom. The van der Waals surface area contributed by atoms with Crippen LogP contribution in [0.15, 0.2) is 12.7 Å². The summed E-state index contributed by atoms with van der Waals surface area (Å²) in [6, 6.07) is -0.868. The van der Waals surface area contributed by atoms with Crippen LogP contribution in [0.2, 0.25) is 0 Å². The number of amides is 2. The zero-order chi connectivity index (χ0) is 15.3. The second-order valence-electron chi connectivity index (χ2n) is 5.66. The molecule has 2 atom stereocenters. The van der Waals surface area contributed by atoms with E-state index >= 15 is 0 Å². The Hall–Kier alpha value is -1.52. The van der Waals surface area contributed by atoms with Crippen molar-refractivity contribution in [3.8, 4) is 0 Å². The van der Waals surface area contributed by atoms with Gasteiger partial charge in [0.25, 0.3) is 0 Å². The highest BCUT2D eigenvalue weighted by atomic mass is 16.4. The Morgan fingerprint density at radius 1 is 1.50 bits per heavy atom. The Morgan fingerprint density at radius 3 is 2.60 bits per heavy atom. The van der Waals surface area contributed by atoms with Gasteiger partial charge < -0.3 is 14.9 Å². The molecule has 5 nitrogen and oxygen atoms in total. The van der Waals surface area contributed by atoms with Crippen LogP contribution < -0.4 is 0 Å². The molecule has 0 aromatic rings. The predicted octanol–water partition coefficient (Wildman–Crippen LogP) is 2.58. The van der Waals surface area contributed by atoms with Gasteiger partial charge in [0.15, 0.2) is 0 Å². The minimum Gasteiger partial charge on any atom is -0.480 e. The largest absolute Gasteiger partial charge is 0.480 e. The van der Waals surface area contributed by atoms with Crippen molar-refractivity contribution in [3.05, 3.63) is 12.7 Å². The molecule has 20 heavy (non-hydrogen) atoms. The van der Waals surface area contributed by atoms with Crippen LogP contribution in [-0.4, -0.2) is 52.1 Å². The van der Waals surface area contributed by atoms with E-state index < -0.39 is 12.0 Å². The van der Waals surface area contributed by atoms with Crippen LogP contribution in [0.4, 0.5) is 4.79 Å². The molecule has 1 N–H and O–H groups in total. The lowest BCUT2D eigenvalue weighted by Gasteiger charge is -2.40. The molecule has 0 spiro atoms. The maximum atomic E-state index is 12.6. The number of rotatable bonds is 5. The molecular weight excluding hydrogens is 256 g/mol. The fraction of sp³-hybridized carbons (Fsp3) is 0.733. The second kappa shape index (κ2) is 7.31. The molecule has 0 radical (unpaired) electrons. The number of aliphatic carboxylic acids is 1. The first-order chi connectivity index (χ1) is 9.42. The summed E-state index contributed by atoms with van der Waals surface area (Å²) >= 11 is 0. The van der Waals surface area contributed by atoms with Crippen LogP contribution in [-0.2, 0) is 4.79 Å². The average molecular weight is 282 g/mol. The first-order valence-corrected chi connectivity index (χ1v) is 7.33. The molecule has 1 saturated heterocycles. The molecule has 114 valence electrons. The van der Waals surface area contributed by atoms with Gasteiger partial charge in [-0.3, -0.25) is 0 Å². The molecule has 0 bridgehead atoms. The Balaban J connectivity index is 2.88. The quantitative estimate of drug-likeness (QED) is 0.788. The van der Waals surface area contributed by atoms with E-state index in [-0.39, 0.29) is 12.1 Å². The van der Waals surface area contributed by atoms with Gasteiger partial charge in [-0.1, -0.05) is 19.4 Å². The molecule has 1 aliphatic heterocycles. The van der Waals surface area contributed by atoms with Crippen molar-refractivity contribution < 1.29 is 14.7 Å². The van der Waals surface area contributed by atoms with E-state index in [1.807, 2.05) is 13.8 Å². The summed E-state index contributed by atoms with van der Waals surface area (Å²) in [7, 11) is 0. The number of nitrogens with zero attached hydrogens (tertiary/aromatic N) is 2. The van der Waals surface area contributed by atoms with E-state index in [1.54, 1.807) is 11.0 Å². The van der Waals surface area contributed by atoms with Crippen molar-refractivity contribution in [2.45, 2.75) is 52.1 Å². The molecule has 5 heteroatoms. The lowest BCUT2D eigenvalue weighted by Crippen LogP contribution is -2.55. The summed E-state index contributed by atoms with van der Waals surface area (Å²) in [5.74, 6) is -0.508. The fourth-order valence-electron chi connectivity index (χ4n) is 2.69. The lowest BCUT2D eigenvalue weighted by atomic mass is 9.89. The van der Waals surface area contributed by atoms with Crippen molar-refractivity contribution >= 4 is 12.0 Å². The monoisotopic (exact) mass is 282 g/mol. The van der Waals surface area contributed by atoms with Gasteiger partial charge in [-0.2, -0.15) is 0 Å². The van der Waals surface area contributed by atoms with Crippen LogP contribution in [0.25, 0.3) is 0 Å². The molecular formula is C15H26N2O3. The summed E-state index contributed by atoms with van der Waals surface area (Å²) in [5, 5.41) is 9.39. The smallest absolute Gasteiger partial charge is 0.326 e. The van der Waals surface area contributed by atoms with Crippen LogP contribution in [0, 0.1) is 5.92 Å². The van der Waals surface area contributed by atoms with Crippen molar-refractivity contribution in [1.29, 1.82) is 0 Å². The molecule has 1 heterocycles. The van der Waals surface area contributed by atoms with Crippen molar-refractivity contribution in [3.63, 3.8) is 0 Å². The molecule has 1 rings (SSSR count). The third kappa shape index (κ3) is 3.74. The third-order valence-corrected chi connectivity index (χ3v) is 4.01. The van der Waals surface area contributed by atoms with Gasteiger partial charge in [-0.15, -0.1) is 6.58 Å². The van der Waals surface area contributed by atoms with Gasteiger partial charge >= 0.3 is 12.0 Å². The van der Waals surface area contributed by atoms with E-state index in [0.717, 1.165) is 12.8 Å². The highest BCUT2D eigenvalue weighted by Crippen LogP contribution is 2.26. The Bertz CT molecular complexity index is 368. The Labute approximate surface area is 121 Å². The van der Waals surface area contributed by atoms with E-state index in [1.165, 1.54) is 4.90 Å². The minimum atomic E-state index is -0.904. The molecule has 0 saturated carbocycles. The Kier molecular flexibility index (Phi) is 6.05. The number of piperidine rings is 1. The van der Waals surface area contributed by atoms with Crippen LogP contribution >= 0.6 is 0 Å². The summed E-state index contributed by atoms with van der Waals surface area (Å²) < 4.78 is 0. The zero-order valence-corrected chi connectivity index (χ0v) is 12.7. The van der Waals surface area contributed by atoms with E-state index in [9.17, 15) is 14.7 Å². The standard InChI is InChI=1S/C15H26N2O3/c1-5-8-16(11(3)4)15(20)17-9-7-12(6-2)10-13(17)14(18)19/h5,11-13H,1,6-10H2,2-4H3,(H,18,19). The highest BCUT2D eigenvalue weighted by Gasteiger charge is 2.37. The lowest BCUT2D eigenvalue weighted by molar-refractivity contribution is -0.144. The summed E-state index contributed by atoms with van der Waals surface area (Å²) in [6.07, 6.45) is 4.07. The number of carbonyl (C=O) groups excluding carboxylic acids is 1. The molecule has 2 unspecified atom stereocenters. The number of hydrogen-bond acceptors (Lipinski definition) is 2. The van der Waals surface area contributed by atoms with Crippen LogP contribution in [0.1, 0.15) is 40.0 Å². The van der Waals surface area contributed by atoms with Crippen LogP contribution in [0.5, 0.6) is 0 Å². The average Bonchev–Trinajstić information content (AvgIpc) is 2.42. The zero-order valence-electron chi connectivity index (χ0n) is 12.7. The number of likely N-dealkylation sites (tertiary alicyclic amines) is 1.